The first kappa shape index (κ1) is 9.52. The van der Waals surface area contributed by atoms with E-state index in [1.54, 1.807) is 0 Å². The van der Waals surface area contributed by atoms with Crippen molar-refractivity contribution in [2.45, 2.75) is 45.3 Å². The largest absolute Gasteiger partial charge is 0.466 e. The Morgan fingerprint density at radius 2 is 2.33 bits per heavy atom. The van der Waals surface area contributed by atoms with Crippen LogP contribution >= 0.6 is 0 Å². The fourth-order valence-electron chi connectivity index (χ4n) is 1.44. The lowest BCUT2D eigenvalue weighted by molar-refractivity contribution is -0.145. The van der Waals surface area contributed by atoms with Gasteiger partial charge >= 0.3 is 5.97 Å². The number of ether oxygens (including phenoxy) is 2. The zero-order valence-electron chi connectivity index (χ0n) is 7.71. The Labute approximate surface area is 73.0 Å². The molecule has 2 atom stereocenters. The molecule has 0 spiro atoms. The third kappa shape index (κ3) is 2.81. The minimum Gasteiger partial charge on any atom is -0.466 e. The Bertz CT molecular complexity index is 156. The fraction of sp³-hybridized carbons (Fsp3) is 0.889. The van der Waals surface area contributed by atoms with Gasteiger partial charge in [0, 0.05) is 0 Å². The van der Waals surface area contributed by atoms with Crippen LogP contribution in [0.3, 0.4) is 0 Å². The van der Waals surface area contributed by atoms with Crippen molar-refractivity contribution in [1.82, 2.24) is 0 Å². The summed E-state index contributed by atoms with van der Waals surface area (Å²) in [7, 11) is 0. The van der Waals surface area contributed by atoms with E-state index in [2.05, 4.69) is 0 Å². The van der Waals surface area contributed by atoms with Crippen molar-refractivity contribution in [2.24, 2.45) is 0 Å². The first-order valence-electron chi connectivity index (χ1n) is 4.53. The quantitative estimate of drug-likeness (QED) is 0.605. The van der Waals surface area contributed by atoms with Gasteiger partial charge in [0.25, 0.3) is 0 Å². The normalized spacial score (nSPS) is 28.8. The summed E-state index contributed by atoms with van der Waals surface area (Å²) in [5.74, 6) is -0.142. The van der Waals surface area contributed by atoms with Gasteiger partial charge in [-0.1, -0.05) is 0 Å². The van der Waals surface area contributed by atoms with E-state index in [1.165, 1.54) is 0 Å². The molecule has 1 heterocycles. The van der Waals surface area contributed by atoms with Crippen LogP contribution in [-0.2, 0) is 14.3 Å². The van der Waals surface area contributed by atoms with Crippen LogP contribution in [0.4, 0.5) is 0 Å². The van der Waals surface area contributed by atoms with Crippen LogP contribution < -0.4 is 0 Å². The molecular weight excluding hydrogens is 156 g/mol. The van der Waals surface area contributed by atoms with Gasteiger partial charge in [0.15, 0.2) is 0 Å². The molecule has 0 radical (unpaired) electrons. The topological polar surface area (TPSA) is 35.5 Å². The molecular formula is C9H16O3. The highest BCUT2D eigenvalue weighted by molar-refractivity contribution is 5.69. The number of carbonyl (C=O) groups excluding carboxylic acids is 1. The van der Waals surface area contributed by atoms with Gasteiger partial charge in [0.2, 0.25) is 0 Å². The first-order chi connectivity index (χ1) is 5.72. The third-order valence-corrected chi connectivity index (χ3v) is 2.02. The Kier molecular flexibility index (Phi) is 3.53. The molecule has 1 fully saturated rings. The summed E-state index contributed by atoms with van der Waals surface area (Å²) in [6.45, 7) is 4.31. The highest BCUT2D eigenvalue weighted by atomic mass is 16.5. The zero-order chi connectivity index (χ0) is 8.97. The smallest absolute Gasteiger partial charge is 0.308 e. The second-order valence-electron chi connectivity index (χ2n) is 3.16. The van der Waals surface area contributed by atoms with E-state index in [1.807, 2.05) is 13.8 Å². The Balaban J connectivity index is 2.18. The van der Waals surface area contributed by atoms with Crippen molar-refractivity contribution < 1.29 is 14.3 Å². The lowest BCUT2D eigenvalue weighted by Gasteiger charge is -2.09. The third-order valence-electron chi connectivity index (χ3n) is 2.02. The van der Waals surface area contributed by atoms with Crippen LogP contribution in [0.25, 0.3) is 0 Å². The van der Waals surface area contributed by atoms with Crippen LogP contribution in [-0.4, -0.2) is 24.8 Å². The van der Waals surface area contributed by atoms with Crippen molar-refractivity contribution in [2.75, 3.05) is 6.61 Å². The van der Waals surface area contributed by atoms with Crippen LogP contribution in [0.15, 0.2) is 0 Å². The van der Waals surface area contributed by atoms with Gasteiger partial charge in [-0.15, -0.1) is 0 Å². The minimum absolute atomic E-state index is 0.0963. The van der Waals surface area contributed by atoms with Crippen LogP contribution in [0, 0.1) is 0 Å². The van der Waals surface area contributed by atoms with Crippen molar-refractivity contribution in [3.63, 3.8) is 0 Å². The van der Waals surface area contributed by atoms with Crippen LogP contribution in [0.5, 0.6) is 0 Å². The van der Waals surface area contributed by atoms with E-state index in [0.717, 1.165) is 12.8 Å². The van der Waals surface area contributed by atoms with E-state index in [4.69, 9.17) is 9.47 Å². The molecule has 1 aliphatic rings. The van der Waals surface area contributed by atoms with Crippen molar-refractivity contribution in [3.05, 3.63) is 0 Å². The van der Waals surface area contributed by atoms with Crippen molar-refractivity contribution in [3.8, 4) is 0 Å². The zero-order valence-corrected chi connectivity index (χ0v) is 7.71. The fourth-order valence-corrected chi connectivity index (χ4v) is 1.44. The molecule has 0 aromatic carbocycles. The number of hydrogen-bond donors (Lipinski definition) is 0. The first-order valence-corrected chi connectivity index (χ1v) is 4.53. The molecule has 1 saturated heterocycles. The lowest BCUT2D eigenvalue weighted by Crippen LogP contribution is -2.16. The summed E-state index contributed by atoms with van der Waals surface area (Å²) in [5, 5.41) is 0. The van der Waals surface area contributed by atoms with Gasteiger partial charge in [0.05, 0.1) is 25.2 Å². The maximum absolute atomic E-state index is 11.0. The van der Waals surface area contributed by atoms with E-state index in [-0.39, 0.29) is 12.1 Å². The Morgan fingerprint density at radius 1 is 1.58 bits per heavy atom. The highest BCUT2D eigenvalue weighted by Gasteiger charge is 2.24. The molecule has 0 unspecified atom stereocenters. The molecule has 0 amide bonds. The van der Waals surface area contributed by atoms with Crippen LogP contribution in [0.2, 0.25) is 0 Å². The summed E-state index contributed by atoms with van der Waals surface area (Å²) in [6, 6.07) is 0. The maximum Gasteiger partial charge on any atom is 0.308 e. The Hall–Kier alpha value is -0.570. The number of hydrogen-bond acceptors (Lipinski definition) is 3. The van der Waals surface area contributed by atoms with Gasteiger partial charge < -0.3 is 9.47 Å². The van der Waals surface area contributed by atoms with Gasteiger partial charge in [-0.25, -0.2) is 0 Å². The molecule has 3 nitrogen and oxygen atoms in total. The van der Waals surface area contributed by atoms with E-state index in [9.17, 15) is 4.79 Å². The molecule has 0 bridgehead atoms. The van der Waals surface area contributed by atoms with E-state index < -0.39 is 0 Å². The second kappa shape index (κ2) is 4.45. The maximum atomic E-state index is 11.0. The molecule has 0 saturated carbocycles. The van der Waals surface area contributed by atoms with Crippen LogP contribution in [0.1, 0.15) is 33.1 Å². The SMILES string of the molecule is CCOC(=O)C[C@H]1CC[C@H](C)O1. The molecule has 1 rings (SSSR count). The Morgan fingerprint density at radius 3 is 2.83 bits per heavy atom. The van der Waals surface area contributed by atoms with Gasteiger partial charge in [0.1, 0.15) is 0 Å². The molecule has 12 heavy (non-hydrogen) atoms. The second-order valence-corrected chi connectivity index (χ2v) is 3.16. The molecule has 0 aromatic heterocycles. The van der Waals surface area contributed by atoms with Gasteiger partial charge in [-0.05, 0) is 26.7 Å². The summed E-state index contributed by atoms with van der Waals surface area (Å²) in [4.78, 5) is 11.0. The molecule has 0 N–H and O–H groups in total. The highest BCUT2D eigenvalue weighted by Crippen LogP contribution is 2.21. The predicted molar refractivity (Wildman–Crippen MR) is 44.8 cm³/mol. The van der Waals surface area contributed by atoms with Gasteiger partial charge in [-0.2, -0.15) is 0 Å². The minimum atomic E-state index is -0.142. The average molecular weight is 172 g/mol. The predicted octanol–water partition coefficient (Wildman–Crippen LogP) is 1.51. The molecule has 1 aliphatic heterocycles. The van der Waals surface area contributed by atoms with Crippen molar-refractivity contribution in [1.29, 1.82) is 0 Å². The van der Waals surface area contributed by atoms with Crippen molar-refractivity contribution >= 4 is 5.97 Å². The van der Waals surface area contributed by atoms with E-state index >= 15 is 0 Å². The summed E-state index contributed by atoms with van der Waals surface area (Å²) < 4.78 is 10.3. The summed E-state index contributed by atoms with van der Waals surface area (Å²) >= 11 is 0. The number of carbonyl (C=O) groups is 1. The summed E-state index contributed by atoms with van der Waals surface area (Å²) in [5.41, 5.74) is 0. The molecule has 3 heteroatoms. The molecule has 0 aromatic rings. The summed E-state index contributed by atoms with van der Waals surface area (Å²) in [6.07, 6.45) is 2.87. The monoisotopic (exact) mass is 172 g/mol. The average Bonchev–Trinajstić information content (AvgIpc) is 2.36. The van der Waals surface area contributed by atoms with E-state index in [0.29, 0.717) is 19.1 Å². The molecule has 70 valence electrons. The number of rotatable bonds is 3. The standard InChI is InChI=1S/C9H16O3/c1-3-11-9(10)6-8-5-4-7(2)12-8/h7-8H,3-6H2,1-2H3/t7-,8+/m0/s1. The molecule has 0 aliphatic carbocycles. The number of esters is 1. The lowest BCUT2D eigenvalue weighted by atomic mass is 10.1. The van der Waals surface area contributed by atoms with Gasteiger partial charge in [-0.3, -0.25) is 4.79 Å².